The van der Waals surface area contributed by atoms with E-state index in [0.29, 0.717) is 11.8 Å². The summed E-state index contributed by atoms with van der Waals surface area (Å²) < 4.78 is 2.85. The van der Waals surface area contributed by atoms with Crippen LogP contribution >= 0.6 is 15.9 Å². The molecule has 0 amide bonds. The predicted molar refractivity (Wildman–Crippen MR) is 62.1 cm³/mol. The van der Waals surface area contributed by atoms with Gasteiger partial charge in [0, 0.05) is 35.2 Å². The molecule has 1 fully saturated rings. The summed E-state index contributed by atoms with van der Waals surface area (Å²) in [6, 6.07) is 3.76. The molecule has 1 aromatic rings. The van der Waals surface area contributed by atoms with Crippen molar-refractivity contribution in [2.45, 2.75) is 18.9 Å². The van der Waals surface area contributed by atoms with Crippen LogP contribution in [-0.2, 0) is 6.54 Å². The van der Waals surface area contributed by atoms with Crippen molar-refractivity contribution in [3.05, 3.63) is 32.7 Å². The average molecular weight is 269 g/mol. The maximum absolute atomic E-state index is 11.8. The van der Waals surface area contributed by atoms with Crippen LogP contribution < -0.4 is 10.9 Å². The molecule has 2 aliphatic heterocycles. The third-order valence-corrected chi connectivity index (χ3v) is 3.88. The lowest BCUT2D eigenvalue weighted by atomic mass is 9.84. The number of hydrogen-bond acceptors (Lipinski definition) is 2. The minimum absolute atomic E-state index is 0.135. The van der Waals surface area contributed by atoms with Crippen molar-refractivity contribution < 1.29 is 0 Å². The van der Waals surface area contributed by atoms with E-state index in [1.54, 1.807) is 6.07 Å². The number of aromatic nitrogens is 1. The molecule has 3 heterocycles. The largest absolute Gasteiger partial charge is 0.316 e. The smallest absolute Gasteiger partial charge is 0.251 e. The van der Waals surface area contributed by atoms with Gasteiger partial charge in [-0.2, -0.15) is 0 Å². The Morgan fingerprint density at radius 2 is 2.27 bits per heavy atom. The molecule has 3 rings (SSSR count). The minimum atomic E-state index is 0.135. The number of fused-ring (bicyclic) bond motifs is 4. The standard InChI is InChI=1S/C11H13BrN2O/c12-9-2-10-8-1-7(4-13-5-8)6-14(10)11(15)3-9/h2-3,7-8,13H,1,4-6H2/t7?,8-/m0/s1. The highest BCUT2D eigenvalue weighted by Gasteiger charge is 2.30. The SMILES string of the molecule is O=c1cc(Br)cc2n1CC1CNC[C@@H]2C1. The van der Waals surface area contributed by atoms with Crippen molar-refractivity contribution in [3.63, 3.8) is 0 Å². The van der Waals surface area contributed by atoms with Crippen molar-refractivity contribution in [2.75, 3.05) is 13.1 Å². The fraction of sp³-hybridized carbons (Fsp3) is 0.545. The van der Waals surface area contributed by atoms with Crippen molar-refractivity contribution in [3.8, 4) is 0 Å². The second-order valence-corrected chi connectivity index (χ2v) is 5.42. The van der Waals surface area contributed by atoms with E-state index in [0.717, 1.165) is 24.1 Å². The lowest BCUT2D eigenvalue weighted by molar-refractivity contribution is 0.257. The Hall–Kier alpha value is -0.610. The van der Waals surface area contributed by atoms with E-state index in [2.05, 4.69) is 27.3 Å². The van der Waals surface area contributed by atoms with E-state index >= 15 is 0 Å². The summed E-state index contributed by atoms with van der Waals surface area (Å²) in [5, 5.41) is 3.44. The quantitative estimate of drug-likeness (QED) is 0.770. The Balaban J connectivity index is 2.17. The van der Waals surface area contributed by atoms with E-state index in [9.17, 15) is 4.79 Å². The van der Waals surface area contributed by atoms with Gasteiger partial charge in [-0.15, -0.1) is 0 Å². The van der Waals surface area contributed by atoms with Gasteiger partial charge in [0.05, 0.1) is 0 Å². The van der Waals surface area contributed by atoms with Crippen molar-refractivity contribution in [1.29, 1.82) is 0 Å². The monoisotopic (exact) mass is 268 g/mol. The molecule has 0 saturated carbocycles. The van der Waals surface area contributed by atoms with Gasteiger partial charge in [-0.3, -0.25) is 4.79 Å². The lowest BCUT2D eigenvalue weighted by Gasteiger charge is -2.37. The second-order valence-electron chi connectivity index (χ2n) is 4.50. The van der Waals surface area contributed by atoms with Gasteiger partial charge in [0.1, 0.15) is 0 Å². The van der Waals surface area contributed by atoms with Crippen LogP contribution in [0.1, 0.15) is 18.0 Å². The van der Waals surface area contributed by atoms with Gasteiger partial charge in [-0.25, -0.2) is 0 Å². The summed E-state index contributed by atoms with van der Waals surface area (Å²) in [6.07, 6.45) is 1.23. The van der Waals surface area contributed by atoms with Gasteiger partial charge in [0.2, 0.25) is 0 Å². The van der Waals surface area contributed by atoms with Gasteiger partial charge < -0.3 is 9.88 Å². The number of hydrogen-bond donors (Lipinski definition) is 1. The van der Waals surface area contributed by atoms with Crippen LogP contribution in [0.15, 0.2) is 21.4 Å². The van der Waals surface area contributed by atoms with Gasteiger partial charge in [0.25, 0.3) is 5.56 Å². The first-order chi connectivity index (χ1) is 7.24. The third kappa shape index (κ3) is 1.56. The maximum Gasteiger partial charge on any atom is 0.251 e. The van der Waals surface area contributed by atoms with Crippen molar-refractivity contribution in [1.82, 2.24) is 9.88 Å². The number of halogens is 1. The molecule has 4 heteroatoms. The molecule has 1 aromatic heterocycles. The number of piperidine rings is 1. The Bertz CT molecular complexity index is 454. The summed E-state index contributed by atoms with van der Waals surface area (Å²) in [6.45, 7) is 2.94. The molecule has 80 valence electrons. The second kappa shape index (κ2) is 3.46. The van der Waals surface area contributed by atoms with Crippen LogP contribution in [0, 0.1) is 5.92 Å². The van der Waals surface area contributed by atoms with Crippen LogP contribution in [0.2, 0.25) is 0 Å². The van der Waals surface area contributed by atoms with Crippen LogP contribution in [0.4, 0.5) is 0 Å². The van der Waals surface area contributed by atoms with E-state index in [4.69, 9.17) is 0 Å². The minimum Gasteiger partial charge on any atom is -0.316 e. The van der Waals surface area contributed by atoms with Crippen molar-refractivity contribution in [2.24, 2.45) is 5.92 Å². The Morgan fingerprint density at radius 1 is 1.40 bits per heavy atom. The third-order valence-electron chi connectivity index (χ3n) is 3.43. The lowest BCUT2D eigenvalue weighted by Crippen LogP contribution is -2.44. The topological polar surface area (TPSA) is 34.0 Å². The summed E-state index contributed by atoms with van der Waals surface area (Å²) in [4.78, 5) is 11.8. The van der Waals surface area contributed by atoms with E-state index < -0.39 is 0 Å². The highest BCUT2D eigenvalue weighted by molar-refractivity contribution is 9.10. The summed E-state index contributed by atoms with van der Waals surface area (Å²) in [5.74, 6) is 1.15. The first kappa shape index (κ1) is 9.60. The van der Waals surface area contributed by atoms with Crippen molar-refractivity contribution >= 4 is 15.9 Å². The number of rotatable bonds is 0. The molecule has 0 spiro atoms. The van der Waals surface area contributed by atoms with E-state index in [-0.39, 0.29) is 5.56 Å². The molecular formula is C11H13BrN2O. The molecular weight excluding hydrogens is 256 g/mol. The molecule has 2 aliphatic rings. The average Bonchev–Trinajstić information content (AvgIpc) is 2.21. The number of nitrogens with one attached hydrogen (secondary N) is 1. The normalized spacial score (nSPS) is 28.6. The van der Waals surface area contributed by atoms with Gasteiger partial charge >= 0.3 is 0 Å². The zero-order valence-electron chi connectivity index (χ0n) is 8.37. The Kier molecular flexibility index (Phi) is 2.21. The zero-order valence-corrected chi connectivity index (χ0v) is 9.96. The highest BCUT2D eigenvalue weighted by atomic mass is 79.9. The van der Waals surface area contributed by atoms with Gasteiger partial charge in [0.15, 0.2) is 0 Å². The van der Waals surface area contributed by atoms with Gasteiger partial charge in [-0.1, -0.05) is 15.9 Å². The first-order valence-corrected chi connectivity index (χ1v) is 6.14. The maximum atomic E-state index is 11.8. The molecule has 1 saturated heterocycles. The fourth-order valence-electron chi connectivity index (χ4n) is 2.77. The Morgan fingerprint density at radius 3 is 3.13 bits per heavy atom. The first-order valence-electron chi connectivity index (χ1n) is 5.35. The summed E-state index contributed by atoms with van der Waals surface area (Å²) >= 11 is 3.40. The molecule has 1 N–H and O–H groups in total. The van der Waals surface area contributed by atoms with Crippen LogP contribution in [-0.4, -0.2) is 17.7 Å². The molecule has 2 atom stereocenters. The molecule has 0 aromatic carbocycles. The molecule has 2 bridgehead atoms. The molecule has 3 nitrogen and oxygen atoms in total. The van der Waals surface area contributed by atoms with Crippen LogP contribution in [0.5, 0.6) is 0 Å². The number of nitrogens with zero attached hydrogens (tertiary/aromatic N) is 1. The predicted octanol–water partition coefficient (Wildman–Crippen LogP) is 1.32. The zero-order chi connectivity index (χ0) is 10.4. The summed E-state index contributed by atoms with van der Waals surface area (Å²) in [5.41, 5.74) is 1.33. The van der Waals surface area contributed by atoms with Crippen LogP contribution in [0.3, 0.4) is 0 Å². The van der Waals surface area contributed by atoms with Gasteiger partial charge in [-0.05, 0) is 24.9 Å². The highest BCUT2D eigenvalue weighted by Crippen LogP contribution is 2.32. The molecule has 15 heavy (non-hydrogen) atoms. The van der Waals surface area contributed by atoms with E-state index in [1.807, 2.05) is 4.57 Å². The van der Waals surface area contributed by atoms with Crippen LogP contribution in [0.25, 0.3) is 0 Å². The fourth-order valence-corrected chi connectivity index (χ4v) is 3.20. The molecule has 1 unspecified atom stereocenters. The Labute approximate surface area is 96.6 Å². The molecule has 0 radical (unpaired) electrons. The van der Waals surface area contributed by atoms with E-state index in [1.165, 1.54) is 12.1 Å². The molecule has 0 aliphatic carbocycles. The summed E-state index contributed by atoms with van der Waals surface area (Å²) in [7, 11) is 0. The number of pyridine rings is 1.